The Morgan fingerprint density at radius 3 is 1.82 bits per heavy atom. The van der Waals surface area contributed by atoms with E-state index >= 15 is 0 Å². The highest BCUT2D eigenvalue weighted by Gasteiger charge is 2.24. The summed E-state index contributed by atoms with van der Waals surface area (Å²) in [6, 6.07) is 0.290. The average Bonchev–Trinajstić information content (AvgIpc) is 2.30. The minimum Gasteiger partial charge on any atom is -0.204 e. The molecule has 0 spiro atoms. The number of rotatable bonds is 0. The Kier molecular flexibility index (Phi) is 2.56. The van der Waals surface area contributed by atoms with Crippen LogP contribution in [0.3, 0.4) is 0 Å². The van der Waals surface area contributed by atoms with Crippen molar-refractivity contribution in [3.8, 4) is 0 Å². The molecule has 0 amide bonds. The van der Waals surface area contributed by atoms with Gasteiger partial charge in [0.1, 0.15) is 7.85 Å². The van der Waals surface area contributed by atoms with Crippen molar-refractivity contribution in [2.75, 3.05) is 0 Å². The van der Waals surface area contributed by atoms with Crippen LogP contribution >= 0.6 is 0 Å². The molecule has 0 atom stereocenters. The van der Waals surface area contributed by atoms with E-state index in [4.69, 9.17) is 0 Å². The Hall–Kier alpha value is -1.66. The summed E-state index contributed by atoms with van der Waals surface area (Å²) >= 11 is 0. The summed E-state index contributed by atoms with van der Waals surface area (Å²) in [7, 11) is 0.945. The largest absolute Gasteiger partial charge is 0.204 e. The predicted molar refractivity (Wildman–Crippen MR) is 51.9 cm³/mol. The van der Waals surface area contributed by atoms with E-state index in [1.54, 1.807) is 0 Å². The zero-order valence-corrected chi connectivity index (χ0v) is 8.35. The average molecular weight is 248 g/mol. The van der Waals surface area contributed by atoms with Crippen LogP contribution in [0, 0.1) is 34.9 Å². The molecule has 17 heavy (non-hydrogen) atoms. The Morgan fingerprint density at radius 2 is 1.24 bits per heavy atom. The minimum atomic E-state index is -2.06. The molecule has 0 N–H and O–H groups in total. The molecule has 7 heteroatoms. The van der Waals surface area contributed by atoms with Crippen LogP contribution in [0.15, 0.2) is 6.07 Å². The lowest BCUT2D eigenvalue weighted by Gasteiger charge is -2.09. The number of fused-ring (bicyclic) bond motifs is 1. The maximum absolute atomic E-state index is 13.3. The maximum atomic E-state index is 13.3. The van der Waals surface area contributed by atoms with Crippen molar-refractivity contribution in [1.29, 1.82) is 0 Å². The third-order valence-corrected chi connectivity index (χ3v) is 2.49. The van der Waals surface area contributed by atoms with Crippen molar-refractivity contribution in [3.05, 3.63) is 41.0 Å². The van der Waals surface area contributed by atoms with E-state index in [9.17, 15) is 26.3 Å². The molecule has 2 rings (SSSR count). The fraction of sp³-hybridized carbons (Fsp3) is 0. The van der Waals surface area contributed by atoms with Gasteiger partial charge in [0.25, 0.3) is 0 Å². The predicted octanol–water partition coefficient (Wildman–Crippen LogP) is 1.93. The smallest absolute Gasteiger partial charge is 0.198 e. The van der Waals surface area contributed by atoms with Gasteiger partial charge in [0.05, 0.1) is 0 Å². The number of halogens is 6. The normalized spacial score (nSPS) is 11.2. The Morgan fingerprint density at radius 1 is 0.706 bits per heavy atom. The molecule has 2 aromatic carbocycles. The van der Waals surface area contributed by atoms with Gasteiger partial charge in [-0.1, -0.05) is 0 Å². The van der Waals surface area contributed by atoms with E-state index in [0.717, 1.165) is 7.85 Å². The van der Waals surface area contributed by atoms with Crippen molar-refractivity contribution in [2.24, 2.45) is 0 Å². The highest BCUT2D eigenvalue weighted by atomic mass is 19.2. The van der Waals surface area contributed by atoms with Crippen LogP contribution in [0.4, 0.5) is 26.3 Å². The van der Waals surface area contributed by atoms with Gasteiger partial charge in [0.2, 0.25) is 0 Å². The van der Waals surface area contributed by atoms with Gasteiger partial charge >= 0.3 is 0 Å². The monoisotopic (exact) mass is 248 g/mol. The summed E-state index contributed by atoms with van der Waals surface area (Å²) in [5, 5.41) is -1.64. The minimum absolute atomic E-state index is 0.290. The molecule has 0 saturated carbocycles. The number of benzene rings is 2. The zero-order valence-electron chi connectivity index (χ0n) is 8.35. The van der Waals surface area contributed by atoms with E-state index in [-0.39, 0.29) is 0 Å². The zero-order chi connectivity index (χ0) is 12.9. The molecular formula is C10H3BF6. The Balaban J connectivity index is 3.12. The first-order chi connectivity index (χ1) is 7.86. The molecule has 0 aliphatic heterocycles. The molecule has 0 aliphatic rings. The highest BCUT2D eigenvalue weighted by molar-refractivity contribution is 6.39. The first-order valence-corrected chi connectivity index (χ1v) is 4.46. The van der Waals surface area contributed by atoms with Gasteiger partial charge in [-0.05, 0) is 11.5 Å². The van der Waals surface area contributed by atoms with Gasteiger partial charge in [-0.15, -0.1) is 0 Å². The molecule has 0 aliphatic carbocycles. The fourth-order valence-corrected chi connectivity index (χ4v) is 1.63. The van der Waals surface area contributed by atoms with Crippen molar-refractivity contribution in [1.82, 2.24) is 0 Å². The summed E-state index contributed by atoms with van der Waals surface area (Å²) < 4.78 is 78.5. The van der Waals surface area contributed by atoms with Crippen LogP contribution in [0.2, 0.25) is 0 Å². The highest BCUT2D eigenvalue weighted by Crippen LogP contribution is 2.26. The lowest BCUT2D eigenvalue weighted by Crippen LogP contribution is -2.16. The van der Waals surface area contributed by atoms with Crippen molar-refractivity contribution < 1.29 is 26.3 Å². The molecule has 0 aromatic heterocycles. The molecule has 0 bridgehead atoms. The third-order valence-electron chi connectivity index (χ3n) is 2.49. The Bertz CT molecular complexity index is 629. The van der Waals surface area contributed by atoms with Gasteiger partial charge in [-0.25, -0.2) is 26.3 Å². The van der Waals surface area contributed by atoms with Crippen molar-refractivity contribution in [2.45, 2.75) is 0 Å². The summed E-state index contributed by atoms with van der Waals surface area (Å²) in [5.74, 6) is -10.5. The molecule has 0 radical (unpaired) electrons. The Labute approximate surface area is 92.3 Å². The topological polar surface area (TPSA) is 0 Å². The number of hydrogen-bond donors (Lipinski definition) is 0. The summed E-state index contributed by atoms with van der Waals surface area (Å²) in [6.07, 6.45) is 0. The standard InChI is InChI=1S/C10H3BF6/c11-5-4-2(1-3(12)7(5)14)6(13)9(16)10(17)8(4)15/h1H,11H2. The van der Waals surface area contributed by atoms with Crippen LogP contribution in [-0.2, 0) is 0 Å². The molecule has 2 aromatic rings. The molecular weight excluding hydrogens is 245 g/mol. The second-order valence-electron chi connectivity index (χ2n) is 3.48. The van der Waals surface area contributed by atoms with Gasteiger partial charge in [-0.2, -0.15) is 0 Å². The summed E-state index contributed by atoms with van der Waals surface area (Å²) in [4.78, 5) is 0. The first-order valence-electron chi connectivity index (χ1n) is 4.46. The second kappa shape index (κ2) is 3.68. The second-order valence-corrected chi connectivity index (χ2v) is 3.48. The van der Waals surface area contributed by atoms with E-state index in [1.165, 1.54) is 0 Å². The number of hydrogen-bond acceptors (Lipinski definition) is 0. The molecule has 0 heterocycles. The lowest BCUT2D eigenvalue weighted by atomic mass is 9.88. The molecule has 0 nitrogen and oxygen atoms in total. The van der Waals surface area contributed by atoms with Crippen molar-refractivity contribution in [3.63, 3.8) is 0 Å². The van der Waals surface area contributed by atoms with Gasteiger partial charge in [-0.3, -0.25) is 0 Å². The molecule has 0 unspecified atom stereocenters. The van der Waals surface area contributed by atoms with Crippen LogP contribution in [0.5, 0.6) is 0 Å². The van der Waals surface area contributed by atoms with E-state index in [2.05, 4.69) is 0 Å². The van der Waals surface area contributed by atoms with Crippen LogP contribution in [0.1, 0.15) is 0 Å². The van der Waals surface area contributed by atoms with E-state index in [0.29, 0.717) is 6.07 Å². The van der Waals surface area contributed by atoms with E-state index in [1.807, 2.05) is 0 Å². The van der Waals surface area contributed by atoms with Crippen LogP contribution in [0.25, 0.3) is 10.8 Å². The summed E-state index contributed by atoms with van der Waals surface area (Å²) in [6.45, 7) is 0. The third kappa shape index (κ3) is 1.49. The summed E-state index contributed by atoms with van der Waals surface area (Å²) in [5.41, 5.74) is -0.615. The molecule has 0 fully saturated rings. The van der Waals surface area contributed by atoms with Gasteiger partial charge in [0.15, 0.2) is 34.9 Å². The van der Waals surface area contributed by atoms with Crippen LogP contribution in [-0.4, -0.2) is 7.85 Å². The SMILES string of the molecule is Bc1c(F)c(F)cc2c(F)c(F)c(F)c(F)c12. The fourth-order valence-electron chi connectivity index (χ4n) is 1.63. The quantitative estimate of drug-likeness (QED) is 0.289. The van der Waals surface area contributed by atoms with Gasteiger partial charge < -0.3 is 0 Å². The van der Waals surface area contributed by atoms with E-state index < -0.39 is 51.1 Å². The molecule has 0 saturated heterocycles. The molecule has 88 valence electrons. The van der Waals surface area contributed by atoms with Gasteiger partial charge in [0, 0.05) is 10.8 Å². The lowest BCUT2D eigenvalue weighted by molar-refractivity contribution is 0.417. The van der Waals surface area contributed by atoms with Crippen molar-refractivity contribution >= 4 is 24.1 Å². The first kappa shape index (κ1) is 11.8. The van der Waals surface area contributed by atoms with Crippen LogP contribution < -0.4 is 5.46 Å². The maximum Gasteiger partial charge on any atom is 0.198 e.